The number of ether oxygens (including phenoxy) is 4. The SMILES string of the molecule is COc1ccc2c(c1)O[C@H]1c3cc(Cc4oc5cc(OC)c(O)cc5c4-c4ccccc4)c(O)cc3OC[C@@H]21. The van der Waals surface area contributed by atoms with E-state index in [9.17, 15) is 10.2 Å². The van der Waals surface area contributed by atoms with Crippen LogP contribution in [0.1, 0.15) is 34.5 Å². The topological polar surface area (TPSA) is 90.5 Å². The minimum atomic E-state index is -0.235. The predicted octanol–water partition coefficient (Wildman–Crippen LogP) is 6.73. The number of benzene rings is 4. The van der Waals surface area contributed by atoms with E-state index in [1.165, 1.54) is 7.11 Å². The molecule has 3 heterocycles. The van der Waals surface area contributed by atoms with Crippen LogP contribution in [0.4, 0.5) is 0 Å². The van der Waals surface area contributed by atoms with Crippen molar-refractivity contribution in [1.29, 1.82) is 0 Å². The Labute approximate surface area is 224 Å². The molecule has 0 aliphatic carbocycles. The van der Waals surface area contributed by atoms with E-state index < -0.39 is 0 Å². The Bertz CT molecular complexity index is 1720. The molecule has 5 aromatic rings. The van der Waals surface area contributed by atoms with Crippen LogP contribution in [0.2, 0.25) is 0 Å². The Kier molecular flexibility index (Phi) is 5.33. The smallest absolute Gasteiger partial charge is 0.164 e. The summed E-state index contributed by atoms with van der Waals surface area (Å²) in [7, 11) is 3.14. The predicted molar refractivity (Wildman–Crippen MR) is 145 cm³/mol. The Balaban J connectivity index is 1.32. The minimum Gasteiger partial charge on any atom is -0.508 e. The molecule has 0 amide bonds. The third kappa shape index (κ3) is 3.73. The van der Waals surface area contributed by atoms with Crippen LogP contribution in [0, 0.1) is 0 Å². The van der Waals surface area contributed by atoms with Gasteiger partial charge in [-0.2, -0.15) is 0 Å². The zero-order chi connectivity index (χ0) is 26.7. The summed E-state index contributed by atoms with van der Waals surface area (Å²) in [6.45, 7) is 0.461. The van der Waals surface area contributed by atoms with Gasteiger partial charge in [-0.05, 0) is 23.8 Å². The number of hydrogen-bond acceptors (Lipinski definition) is 7. The van der Waals surface area contributed by atoms with Gasteiger partial charge in [-0.15, -0.1) is 0 Å². The highest BCUT2D eigenvalue weighted by atomic mass is 16.5. The number of furan rings is 1. The highest BCUT2D eigenvalue weighted by Crippen LogP contribution is 2.53. The maximum atomic E-state index is 11.0. The van der Waals surface area contributed by atoms with Gasteiger partial charge in [0.25, 0.3) is 0 Å². The van der Waals surface area contributed by atoms with Gasteiger partial charge in [-0.25, -0.2) is 0 Å². The minimum absolute atomic E-state index is 0.0314. The number of hydrogen-bond donors (Lipinski definition) is 2. The van der Waals surface area contributed by atoms with E-state index >= 15 is 0 Å². The van der Waals surface area contributed by atoms with Gasteiger partial charge in [0.2, 0.25) is 0 Å². The summed E-state index contributed by atoms with van der Waals surface area (Å²) < 4.78 is 29.5. The molecule has 4 aromatic carbocycles. The molecule has 7 rings (SSSR count). The number of phenols is 2. The van der Waals surface area contributed by atoms with Crippen molar-refractivity contribution in [2.45, 2.75) is 18.4 Å². The van der Waals surface area contributed by atoms with Gasteiger partial charge in [0.1, 0.15) is 40.4 Å². The first-order chi connectivity index (χ1) is 19.0. The van der Waals surface area contributed by atoms with Crippen molar-refractivity contribution >= 4 is 11.0 Å². The maximum Gasteiger partial charge on any atom is 0.164 e. The average molecular weight is 523 g/mol. The molecule has 0 unspecified atom stereocenters. The molecule has 1 aromatic heterocycles. The van der Waals surface area contributed by atoms with Crippen molar-refractivity contribution in [3.63, 3.8) is 0 Å². The van der Waals surface area contributed by atoms with E-state index in [4.69, 9.17) is 23.4 Å². The molecule has 2 N–H and O–H groups in total. The number of fused-ring (bicyclic) bond motifs is 6. The van der Waals surface area contributed by atoms with Gasteiger partial charge in [0, 0.05) is 52.3 Å². The maximum absolute atomic E-state index is 11.0. The van der Waals surface area contributed by atoms with Crippen LogP contribution in [-0.2, 0) is 6.42 Å². The summed E-state index contributed by atoms with van der Waals surface area (Å²) in [4.78, 5) is 0. The lowest BCUT2D eigenvalue weighted by atomic mass is 9.88. The molecule has 0 saturated carbocycles. The second kappa shape index (κ2) is 8.91. The molecule has 196 valence electrons. The van der Waals surface area contributed by atoms with E-state index in [0.29, 0.717) is 41.4 Å². The lowest BCUT2D eigenvalue weighted by molar-refractivity contribution is 0.139. The van der Waals surface area contributed by atoms with Gasteiger partial charge in [0.05, 0.1) is 26.7 Å². The Hall–Kier alpha value is -4.78. The van der Waals surface area contributed by atoms with Crippen molar-refractivity contribution in [3.8, 4) is 45.6 Å². The highest BCUT2D eigenvalue weighted by molar-refractivity contribution is 5.97. The van der Waals surface area contributed by atoms with E-state index in [-0.39, 0.29) is 23.5 Å². The summed E-state index contributed by atoms with van der Waals surface area (Å²) in [5.74, 6) is 3.31. The first-order valence-electron chi connectivity index (χ1n) is 12.7. The number of phenolic OH excluding ortho intramolecular Hbond substituents is 2. The molecule has 7 heteroatoms. The molecule has 2 atom stereocenters. The third-order valence-corrected chi connectivity index (χ3v) is 7.65. The molecule has 7 nitrogen and oxygen atoms in total. The monoisotopic (exact) mass is 522 g/mol. The van der Waals surface area contributed by atoms with Gasteiger partial charge in [-0.3, -0.25) is 0 Å². The molecular formula is C32H26O7. The first-order valence-corrected chi connectivity index (χ1v) is 12.7. The van der Waals surface area contributed by atoms with E-state index in [0.717, 1.165) is 39.1 Å². The molecule has 0 saturated heterocycles. The highest BCUT2D eigenvalue weighted by Gasteiger charge is 2.41. The van der Waals surface area contributed by atoms with Gasteiger partial charge in [0.15, 0.2) is 11.5 Å². The molecule has 0 radical (unpaired) electrons. The summed E-state index contributed by atoms with van der Waals surface area (Å²) in [5.41, 5.74) is 5.03. The summed E-state index contributed by atoms with van der Waals surface area (Å²) in [5, 5.41) is 22.3. The molecular weight excluding hydrogens is 496 g/mol. The van der Waals surface area contributed by atoms with Crippen molar-refractivity contribution < 1.29 is 33.6 Å². The van der Waals surface area contributed by atoms with Crippen molar-refractivity contribution in [2.24, 2.45) is 0 Å². The van der Waals surface area contributed by atoms with Crippen molar-refractivity contribution in [1.82, 2.24) is 0 Å². The van der Waals surface area contributed by atoms with Crippen LogP contribution in [0.5, 0.6) is 34.5 Å². The Morgan fingerprint density at radius 3 is 2.49 bits per heavy atom. The van der Waals surface area contributed by atoms with Crippen molar-refractivity contribution in [3.05, 3.63) is 95.2 Å². The van der Waals surface area contributed by atoms with Crippen LogP contribution in [-0.4, -0.2) is 31.0 Å². The Morgan fingerprint density at radius 2 is 1.69 bits per heavy atom. The number of aromatic hydroxyl groups is 2. The third-order valence-electron chi connectivity index (χ3n) is 7.65. The Morgan fingerprint density at radius 1 is 0.846 bits per heavy atom. The largest absolute Gasteiger partial charge is 0.508 e. The summed E-state index contributed by atoms with van der Waals surface area (Å²) in [6, 6.07) is 22.7. The molecule has 0 spiro atoms. The first kappa shape index (κ1) is 23.3. The summed E-state index contributed by atoms with van der Waals surface area (Å²) in [6.07, 6.45) is 0.0832. The van der Waals surface area contributed by atoms with Gasteiger partial charge >= 0.3 is 0 Å². The fourth-order valence-corrected chi connectivity index (χ4v) is 5.74. The van der Waals surface area contributed by atoms with Crippen LogP contribution in [0.25, 0.3) is 22.1 Å². The standard InChI is InChI=1S/C32H26O7/c1-35-19-8-9-20-23-16-37-26-14-24(33)18(10-22(26)32(23)39-27(20)12-19)11-30-31(17-6-4-3-5-7-17)21-13-25(34)29(36-2)15-28(21)38-30/h3-10,12-15,23,32-34H,11,16H2,1-2H3/t23-,32-/m0/s1. The molecule has 0 fully saturated rings. The quantitative estimate of drug-likeness (QED) is 0.265. The fraction of sp³-hybridized carbons (Fsp3) is 0.188. The zero-order valence-corrected chi connectivity index (χ0v) is 21.4. The van der Waals surface area contributed by atoms with Crippen LogP contribution in [0.15, 0.2) is 77.2 Å². The van der Waals surface area contributed by atoms with Crippen LogP contribution >= 0.6 is 0 Å². The summed E-state index contributed by atoms with van der Waals surface area (Å²) >= 11 is 0. The fourth-order valence-electron chi connectivity index (χ4n) is 5.74. The molecule has 2 aliphatic heterocycles. The van der Waals surface area contributed by atoms with Crippen LogP contribution < -0.4 is 18.9 Å². The van der Waals surface area contributed by atoms with Crippen molar-refractivity contribution in [2.75, 3.05) is 20.8 Å². The lowest BCUT2D eigenvalue weighted by Crippen LogP contribution is -2.23. The van der Waals surface area contributed by atoms with Gasteiger partial charge in [-0.1, -0.05) is 36.4 Å². The second-order valence-corrected chi connectivity index (χ2v) is 9.84. The average Bonchev–Trinajstić information content (AvgIpc) is 3.50. The van der Waals surface area contributed by atoms with Gasteiger partial charge < -0.3 is 33.6 Å². The van der Waals surface area contributed by atoms with E-state index in [1.54, 1.807) is 25.3 Å². The van der Waals surface area contributed by atoms with Crippen LogP contribution in [0.3, 0.4) is 0 Å². The molecule has 0 bridgehead atoms. The van der Waals surface area contributed by atoms with E-state index in [1.807, 2.05) is 54.6 Å². The number of methoxy groups -OCH3 is 2. The second-order valence-electron chi connectivity index (χ2n) is 9.84. The zero-order valence-electron chi connectivity index (χ0n) is 21.4. The number of rotatable bonds is 5. The lowest BCUT2D eigenvalue weighted by Gasteiger charge is -2.28. The normalized spacial score (nSPS) is 17.1. The molecule has 2 aliphatic rings. The van der Waals surface area contributed by atoms with E-state index in [2.05, 4.69) is 0 Å². The molecule has 39 heavy (non-hydrogen) atoms.